The third kappa shape index (κ3) is 3.94. The average Bonchev–Trinajstić information content (AvgIpc) is 3.38. The van der Waals surface area contributed by atoms with Gasteiger partial charge in [-0.25, -0.2) is 4.98 Å². The van der Waals surface area contributed by atoms with Crippen molar-refractivity contribution in [3.05, 3.63) is 59.4 Å². The Kier molecular flexibility index (Phi) is 5.67. The number of aromatic amines is 1. The van der Waals surface area contributed by atoms with Crippen LogP contribution in [0, 0.1) is 0 Å². The van der Waals surface area contributed by atoms with Gasteiger partial charge in [-0.05, 0) is 50.4 Å². The molecule has 0 aliphatic carbocycles. The molecule has 1 N–H and O–H groups in total. The van der Waals surface area contributed by atoms with Crippen molar-refractivity contribution in [1.29, 1.82) is 0 Å². The van der Waals surface area contributed by atoms with Crippen molar-refractivity contribution >= 4 is 10.9 Å². The number of rotatable bonds is 6. The van der Waals surface area contributed by atoms with E-state index in [1.54, 1.807) is 0 Å². The molecule has 5 rings (SSSR count). The predicted molar refractivity (Wildman–Crippen MR) is 121 cm³/mol. The third-order valence-electron chi connectivity index (χ3n) is 6.92. The number of halogens is 1. The van der Waals surface area contributed by atoms with Gasteiger partial charge in [-0.2, -0.15) is 0 Å². The number of benzene rings is 1. The minimum atomic E-state index is -0.253. The monoisotopic (exact) mass is 422 g/mol. The van der Waals surface area contributed by atoms with Gasteiger partial charge < -0.3 is 9.72 Å². The SMILES string of the molecule is C[C@@H]1Cc2c([nH]c3ccccc23)[C@@H](c2ccc(O[C@H]3CCN(CCCF)C3)nc2)N1C. The molecule has 3 atom stereocenters. The maximum absolute atomic E-state index is 12.4. The van der Waals surface area contributed by atoms with Gasteiger partial charge in [0.2, 0.25) is 5.88 Å². The van der Waals surface area contributed by atoms with Crippen molar-refractivity contribution < 1.29 is 9.13 Å². The van der Waals surface area contributed by atoms with Crippen LogP contribution < -0.4 is 4.74 Å². The van der Waals surface area contributed by atoms with E-state index in [-0.39, 0.29) is 18.8 Å². The Labute approximate surface area is 183 Å². The molecular formula is C25H31FN4O. The standard InChI is InChI=1S/C25H31FN4O/c1-17-14-21-20-6-3-4-7-22(20)28-24(21)25(29(17)2)18-8-9-23(27-15-18)31-19-10-13-30(16-19)12-5-11-26/h3-4,6-9,15,17,19,25,28H,5,10-14,16H2,1-2H3/t17-,19+,25-/m1/s1. The third-order valence-corrected chi connectivity index (χ3v) is 6.92. The van der Waals surface area contributed by atoms with Gasteiger partial charge in [0.1, 0.15) is 6.10 Å². The number of pyridine rings is 1. The minimum Gasteiger partial charge on any atom is -0.473 e. The van der Waals surface area contributed by atoms with Gasteiger partial charge in [0.25, 0.3) is 0 Å². The van der Waals surface area contributed by atoms with Crippen LogP contribution in [0.1, 0.15) is 42.6 Å². The quantitative estimate of drug-likeness (QED) is 0.642. The van der Waals surface area contributed by atoms with Crippen LogP contribution in [0.25, 0.3) is 10.9 Å². The lowest BCUT2D eigenvalue weighted by molar-refractivity contribution is 0.186. The number of ether oxygens (including phenoxy) is 1. The number of likely N-dealkylation sites (N-methyl/N-ethyl adjacent to an activating group) is 1. The molecule has 1 saturated heterocycles. The van der Waals surface area contributed by atoms with E-state index < -0.39 is 0 Å². The molecule has 164 valence electrons. The summed E-state index contributed by atoms with van der Waals surface area (Å²) in [5.74, 6) is 0.671. The molecule has 0 spiro atoms. The van der Waals surface area contributed by atoms with Gasteiger partial charge in [0.05, 0.1) is 12.7 Å². The van der Waals surface area contributed by atoms with Crippen LogP contribution in [0.2, 0.25) is 0 Å². The molecule has 1 aromatic carbocycles. The summed E-state index contributed by atoms with van der Waals surface area (Å²) in [7, 11) is 2.19. The Morgan fingerprint density at radius 3 is 2.90 bits per heavy atom. The molecule has 5 nitrogen and oxygen atoms in total. The van der Waals surface area contributed by atoms with E-state index in [9.17, 15) is 4.39 Å². The number of alkyl halides is 1. The molecule has 2 aromatic heterocycles. The van der Waals surface area contributed by atoms with E-state index in [4.69, 9.17) is 4.74 Å². The molecule has 2 aliphatic rings. The maximum Gasteiger partial charge on any atom is 0.213 e. The van der Waals surface area contributed by atoms with E-state index in [0.717, 1.165) is 32.5 Å². The average molecular weight is 423 g/mol. The normalized spacial score (nSPS) is 24.5. The summed E-state index contributed by atoms with van der Waals surface area (Å²) in [6.45, 7) is 4.66. The fourth-order valence-corrected chi connectivity index (χ4v) is 5.15. The predicted octanol–water partition coefficient (Wildman–Crippen LogP) is 4.34. The highest BCUT2D eigenvalue weighted by Crippen LogP contribution is 2.39. The van der Waals surface area contributed by atoms with Crippen molar-refractivity contribution in [2.75, 3.05) is 33.4 Å². The molecule has 0 saturated carbocycles. The summed E-state index contributed by atoms with van der Waals surface area (Å²) in [5, 5.41) is 1.33. The largest absolute Gasteiger partial charge is 0.473 e. The van der Waals surface area contributed by atoms with Gasteiger partial charge in [-0.15, -0.1) is 0 Å². The number of nitrogens with zero attached hydrogens (tertiary/aromatic N) is 3. The molecule has 0 radical (unpaired) electrons. The lowest BCUT2D eigenvalue weighted by Crippen LogP contribution is -2.39. The van der Waals surface area contributed by atoms with Crippen LogP contribution in [0.4, 0.5) is 4.39 Å². The number of aromatic nitrogens is 2. The summed E-state index contributed by atoms with van der Waals surface area (Å²) >= 11 is 0. The molecular weight excluding hydrogens is 391 g/mol. The Bertz CT molecular complexity index is 1030. The van der Waals surface area contributed by atoms with Crippen LogP contribution in [-0.4, -0.2) is 65.3 Å². The summed E-state index contributed by atoms with van der Waals surface area (Å²) in [4.78, 5) is 13.0. The van der Waals surface area contributed by atoms with Crippen LogP contribution in [0.3, 0.4) is 0 Å². The minimum absolute atomic E-state index is 0.135. The van der Waals surface area contributed by atoms with E-state index in [0.29, 0.717) is 18.3 Å². The first kappa shape index (κ1) is 20.5. The van der Waals surface area contributed by atoms with E-state index in [2.05, 4.69) is 64.1 Å². The molecule has 4 heterocycles. The molecule has 31 heavy (non-hydrogen) atoms. The summed E-state index contributed by atoms with van der Waals surface area (Å²) in [5.41, 5.74) is 5.07. The Morgan fingerprint density at radius 2 is 2.10 bits per heavy atom. The van der Waals surface area contributed by atoms with Gasteiger partial charge in [0.15, 0.2) is 0 Å². The summed E-state index contributed by atoms with van der Waals surface area (Å²) in [6, 6.07) is 13.3. The second-order valence-electron chi connectivity index (χ2n) is 8.99. The molecule has 0 bridgehead atoms. The molecule has 6 heteroatoms. The zero-order valence-electron chi connectivity index (χ0n) is 18.4. The van der Waals surface area contributed by atoms with Gasteiger partial charge in [-0.1, -0.05) is 24.3 Å². The number of hydrogen-bond acceptors (Lipinski definition) is 4. The number of fused-ring (bicyclic) bond motifs is 3. The molecule has 2 aliphatic heterocycles. The number of nitrogens with one attached hydrogen (secondary N) is 1. The summed E-state index contributed by atoms with van der Waals surface area (Å²) < 4.78 is 18.5. The number of likely N-dealkylation sites (tertiary alicyclic amines) is 1. The van der Waals surface area contributed by atoms with Crippen LogP contribution in [-0.2, 0) is 6.42 Å². The number of para-hydroxylation sites is 1. The lowest BCUT2D eigenvalue weighted by atomic mass is 9.90. The van der Waals surface area contributed by atoms with Crippen LogP contribution in [0.5, 0.6) is 5.88 Å². The zero-order valence-corrected chi connectivity index (χ0v) is 18.4. The van der Waals surface area contributed by atoms with Gasteiger partial charge in [0, 0.05) is 54.5 Å². The second-order valence-corrected chi connectivity index (χ2v) is 8.99. The molecule has 1 fully saturated rings. The van der Waals surface area contributed by atoms with E-state index >= 15 is 0 Å². The number of H-pyrrole nitrogens is 1. The van der Waals surface area contributed by atoms with Gasteiger partial charge in [-0.3, -0.25) is 14.2 Å². The van der Waals surface area contributed by atoms with E-state index in [1.807, 2.05) is 12.3 Å². The highest BCUT2D eigenvalue weighted by molar-refractivity contribution is 5.85. The number of hydrogen-bond donors (Lipinski definition) is 1. The van der Waals surface area contributed by atoms with Crippen molar-refractivity contribution in [2.45, 2.75) is 44.4 Å². The lowest BCUT2D eigenvalue weighted by Gasteiger charge is -2.38. The van der Waals surface area contributed by atoms with Crippen molar-refractivity contribution in [2.24, 2.45) is 0 Å². The smallest absolute Gasteiger partial charge is 0.213 e. The second kappa shape index (κ2) is 8.60. The molecule has 0 amide bonds. The zero-order chi connectivity index (χ0) is 21.4. The van der Waals surface area contributed by atoms with Gasteiger partial charge >= 0.3 is 0 Å². The maximum atomic E-state index is 12.4. The first-order valence-corrected chi connectivity index (χ1v) is 11.4. The highest BCUT2D eigenvalue weighted by atomic mass is 19.1. The Balaban J connectivity index is 1.35. The highest BCUT2D eigenvalue weighted by Gasteiger charge is 2.33. The fraction of sp³-hybridized carbons (Fsp3) is 0.480. The van der Waals surface area contributed by atoms with Crippen LogP contribution >= 0.6 is 0 Å². The summed E-state index contributed by atoms with van der Waals surface area (Å²) in [6.07, 6.45) is 4.71. The Hall–Kier alpha value is -2.44. The van der Waals surface area contributed by atoms with Crippen molar-refractivity contribution in [1.82, 2.24) is 19.8 Å². The Morgan fingerprint density at radius 1 is 1.23 bits per heavy atom. The van der Waals surface area contributed by atoms with E-state index in [1.165, 1.54) is 27.7 Å². The molecule has 0 unspecified atom stereocenters. The van der Waals surface area contributed by atoms with Crippen LogP contribution in [0.15, 0.2) is 42.6 Å². The first-order chi connectivity index (χ1) is 15.1. The first-order valence-electron chi connectivity index (χ1n) is 11.4. The van der Waals surface area contributed by atoms with Crippen molar-refractivity contribution in [3.8, 4) is 5.88 Å². The van der Waals surface area contributed by atoms with Crippen molar-refractivity contribution in [3.63, 3.8) is 0 Å². The topological polar surface area (TPSA) is 44.4 Å². The fourth-order valence-electron chi connectivity index (χ4n) is 5.15. The molecule has 3 aromatic rings.